The Morgan fingerprint density at radius 1 is 1.11 bits per heavy atom. The van der Waals surface area contributed by atoms with Crippen molar-refractivity contribution in [2.45, 2.75) is 26.0 Å². The number of thiazole rings is 1. The number of fused-ring (bicyclic) bond motifs is 1. The van der Waals surface area contributed by atoms with E-state index < -0.39 is 12.1 Å². The van der Waals surface area contributed by atoms with Crippen LogP contribution in [0.3, 0.4) is 0 Å². The topological polar surface area (TPSA) is 68.7 Å². The second kappa shape index (κ2) is 9.32. The van der Waals surface area contributed by atoms with Crippen molar-refractivity contribution in [3.8, 4) is 5.75 Å². The van der Waals surface area contributed by atoms with Gasteiger partial charge in [0.2, 0.25) is 0 Å². The van der Waals surface area contributed by atoms with Gasteiger partial charge < -0.3 is 14.4 Å². The lowest BCUT2D eigenvalue weighted by Crippen LogP contribution is -2.34. The molecule has 0 saturated carbocycles. The van der Waals surface area contributed by atoms with Crippen LogP contribution in [0.2, 0.25) is 0 Å². The number of hydrogen-bond acceptors (Lipinski definition) is 6. The molecule has 0 saturated heterocycles. The van der Waals surface area contributed by atoms with Gasteiger partial charge in [-0.15, -0.1) is 11.3 Å². The lowest BCUT2D eigenvalue weighted by Gasteiger charge is -2.18. The predicted molar refractivity (Wildman–Crippen MR) is 108 cm³/mol. The highest BCUT2D eigenvalue weighted by Crippen LogP contribution is 2.22. The molecule has 0 spiro atoms. The van der Waals surface area contributed by atoms with Crippen molar-refractivity contribution >= 4 is 33.4 Å². The van der Waals surface area contributed by atoms with Gasteiger partial charge in [0.25, 0.3) is 5.91 Å². The highest BCUT2D eigenvalue weighted by molar-refractivity contribution is 7.18. The van der Waals surface area contributed by atoms with Gasteiger partial charge >= 0.3 is 5.97 Å². The van der Waals surface area contributed by atoms with Crippen molar-refractivity contribution in [1.29, 1.82) is 0 Å². The van der Waals surface area contributed by atoms with Gasteiger partial charge in [-0.1, -0.05) is 37.3 Å². The first kappa shape index (κ1) is 19.8. The smallest absolute Gasteiger partial charge is 0.347 e. The SMILES string of the molecule is CC[C@H](Oc1ccccc1)C(=O)OCC(=O)N(C)Cc1nc2ccccc2s1. The number of rotatable bonds is 8. The minimum atomic E-state index is -0.746. The normalized spacial score (nSPS) is 11.8. The van der Waals surface area contributed by atoms with Crippen LogP contribution in [0, 0.1) is 0 Å². The maximum atomic E-state index is 12.3. The van der Waals surface area contributed by atoms with Crippen LogP contribution in [0.25, 0.3) is 10.2 Å². The van der Waals surface area contributed by atoms with Crippen LogP contribution in [0.1, 0.15) is 18.4 Å². The van der Waals surface area contributed by atoms with Crippen molar-refractivity contribution in [3.05, 3.63) is 59.6 Å². The summed E-state index contributed by atoms with van der Waals surface area (Å²) in [6.07, 6.45) is -0.298. The standard InChI is InChI=1S/C21H22N2O4S/c1-3-17(27-15-9-5-4-6-10-15)21(25)26-14-20(24)23(2)13-19-22-16-11-7-8-12-18(16)28-19/h4-12,17H,3,13-14H2,1-2H3/t17-/m0/s1. The molecule has 146 valence electrons. The molecule has 0 aliphatic rings. The maximum Gasteiger partial charge on any atom is 0.347 e. The van der Waals surface area contributed by atoms with E-state index >= 15 is 0 Å². The van der Waals surface area contributed by atoms with Crippen molar-refractivity contribution in [2.24, 2.45) is 0 Å². The van der Waals surface area contributed by atoms with Gasteiger partial charge in [-0.25, -0.2) is 9.78 Å². The molecule has 0 unspecified atom stereocenters. The Morgan fingerprint density at radius 2 is 1.82 bits per heavy atom. The molecule has 6 nitrogen and oxygen atoms in total. The van der Waals surface area contributed by atoms with Crippen LogP contribution >= 0.6 is 11.3 Å². The zero-order valence-corrected chi connectivity index (χ0v) is 16.6. The summed E-state index contributed by atoms with van der Waals surface area (Å²) in [4.78, 5) is 30.6. The van der Waals surface area contributed by atoms with E-state index in [4.69, 9.17) is 9.47 Å². The van der Waals surface area contributed by atoms with E-state index in [1.165, 1.54) is 4.90 Å². The van der Waals surface area contributed by atoms with E-state index in [2.05, 4.69) is 4.98 Å². The molecule has 0 aliphatic heterocycles. The first-order chi connectivity index (χ1) is 13.6. The number of nitrogens with zero attached hydrogens (tertiary/aromatic N) is 2. The molecule has 28 heavy (non-hydrogen) atoms. The minimum absolute atomic E-state index is 0.290. The molecule has 0 N–H and O–H groups in total. The second-order valence-corrected chi connectivity index (χ2v) is 7.38. The lowest BCUT2D eigenvalue weighted by atomic mass is 10.2. The molecule has 3 rings (SSSR count). The fourth-order valence-corrected chi connectivity index (χ4v) is 3.60. The molecule has 1 aromatic heterocycles. The van der Waals surface area contributed by atoms with Crippen LogP contribution < -0.4 is 4.74 Å². The number of aromatic nitrogens is 1. The predicted octanol–water partition coefficient (Wildman–Crippen LogP) is 3.66. The monoisotopic (exact) mass is 398 g/mol. The largest absolute Gasteiger partial charge is 0.479 e. The third-order valence-corrected chi connectivity index (χ3v) is 5.15. The number of likely N-dealkylation sites (N-methyl/N-ethyl adjacent to an activating group) is 1. The number of hydrogen-bond donors (Lipinski definition) is 0. The first-order valence-corrected chi connectivity index (χ1v) is 9.85. The van der Waals surface area contributed by atoms with Crippen LogP contribution in [-0.2, 0) is 20.9 Å². The quantitative estimate of drug-likeness (QED) is 0.542. The Bertz CT molecular complexity index is 909. The Hall–Kier alpha value is -2.93. The highest BCUT2D eigenvalue weighted by Gasteiger charge is 2.22. The third kappa shape index (κ3) is 5.07. The van der Waals surface area contributed by atoms with Crippen molar-refractivity contribution in [3.63, 3.8) is 0 Å². The minimum Gasteiger partial charge on any atom is -0.479 e. The molecule has 0 fully saturated rings. The Labute approximate surface area is 167 Å². The summed E-state index contributed by atoms with van der Waals surface area (Å²) in [5.74, 6) is -0.249. The van der Waals surface area contributed by atoms with Crippen molar-refractivity contribution < 1.29 is 19.1 Å². The van der Waals surface area contributed by atoms with E-state index in [-0.39, 0.29) is 12.5 Å². The molecular formula is C21H22N2O4S. The lowest BCUT2D eigenvalue weighted by molar-refractivity contribution is -0.158. The van der Waals surface area contributed by atoms with Crippen molar-refractivity contribution in [1.82, 2.24) is 9.88 Å². The Morgan fingerprint density at radius 3 is 2.54 bits per heavy atom. The summed E-state index contributed by atoms with van der Waals surface area (Å²) in [5.41, 5.74) is 0.915. The summed E-state index contributed by atoms with van der Waals surface area (Å²) in [6.45, 7) is 1.87. The van der Waals surface area contributed by atoms with Crippen LogP contribution in [0.5, 0.6) is 5.75 Å². The summed E-state index contributed by atoms with van der Waals surface area (Å²) >= 11 is 1.54. The van der Waals surface area contributed by atoms with Crippen LogP contribution in [0.15, 0.2) is 54.6 Å². The van der Waals surface area contributed by atoms with Crippen LogP contribution in [0.4, 0.5) is 0 Å². The summed E-state index contributed by atoms with van der Waals surface area (Å²) in [7, 11) is 1.67. The molecule has 2 aromatic carbocycles. The number of esters is 1. The molecule has 3 aromatic rings. The molecular weight excluding hydrogens is 376 g/mol. The molecule has 0 radical (unpaired) electrons. The summed E-state index contributed by atoms with van der Waals surface area (Å²) < 4.78 is 11.9. The fraction of sp³-hybridized carbons (Fsp3) is 0.286. The Balaban J connectivity index is 1.51. The first-order valence-electron chi connectivity index (χ1n) is 9.03. The van der Waals surface area contributed by atoms with Gasteiger partial charge in [-0.3, -0.25) is 4.79 Å². The molecule has 7 heteroatoms. The van der Waals surface area contributed by atoms with E-state index in [0.29, 0.717) is 18.7 Å². The molecule has 0 bridgehead atoms. The van der Waals surface area contributed by atoms with E-state index in [9.17, 15) is 9.59 Å². The highest BCUT2D eigenvalue weighted by atomic mass is 32.1. The third-order valence-electron chi connectivity index (χ3n) is 4.13. The Kier molecular flexibility index (Phi) is 6.60. The number of carbonyl (C=O) groups is 2. The van der Waals surface area contributed by atoms with Gasteiger partial charge in [0.05, 0.1) is 16.8 Å². The fourth-order valence-electron chi connectivity index (χ4n) is 2.58. The number of carbonyl (C=O) groups excluding carboxylic acids is 2. The summed E-state index contributed by atoms with van der Waals surface area (Å²) in [5, 5.41) is 0.835. The molecule has 1 heterocycles. The van der Waals surface area contributed by atoms with E-state index in [1.807, 2.05) is 49.4 Å². The average Bonchev–Trinajstić information content (AvgIpc) is 3.12. The van der Waals surface area contributed by atoms with Crippen LogP contribution in [-0.4, -0.2) is 41.5 Å². The second-order valence-electron chi connectivity index (χ2n) is 6.26. The number of para-hydroxylation sites is 2. The van der Waals surface area contributed by atoms with Gasteiger partial charge in [-0.05, 0) is 30.7 Å². The molecule has 1 atom stereocenters. The van der Waals surface area contributed by atoms with Gasteiger partial charge in [0, 0.05) is 7.05 Å². The number of amides is 1. The van der Waals surface area contributed by atoms with Gasteiger partial charge in [0.1, 0.15) is 10.8 Å². The maximum absolute atomic E-state index is 12.3. The zero-order chi connectivity index (χ0) is 19.9. The van der Waals surface area contributed by atoms with Gasteiger partial charge in [0.15, 0.2) is 12.7 Å². The van der Waals surface area contributed by atoms with Gasteiger partial charge in [-0.2, -0.15) is 0 Å². The average molecular weight is 398 g/mol. The number of ether oxygens (including phenoxy) is 2. The van der Waals surface area contributed by atoms with E-state index in [1.54, 1.807) is 30.5 Å². The van der Waals surface area contributed by atoms with Crippen molar-refractivity contribution in [2.75, 3.05) is 13.7 Å². The zero-order valence-electron chi connectivity index (χ0n) is 15.8. The molecule has 1 amide bonds. The molecule has 0 aliphatic carbocycles. The number of benzene rings is 2. The summed E-state index contributed by atoms with van der Waals surface area (Å²) in [6, 6.07) is 16.9. The van der Waals surface area contributed by atoms with E-state index in [0.717, 1.165) is 15.2 Å².